The molecule has 0 atom stereocenters. The van der Waals surface area contributed by atoms with E-state index in [-0.39, 0.29) is 11.6 Å². The highest BCUT2D eigenvalue weighted by atomic mass is 19.1. The van der Waals surface area contributed by atoms with Crippen molar-refractivity contribution in [2.24, 2.45) is 0 Å². The lowest BCUT2D eigenvalue weighted by atomic mass is 9.97. The van der Waals surface area contributed by atoms with E-state index in [4.69, 9.17) is 0 Å². The molecular weight excluding hydrogens is 263 g/mol. The van der Waals surface area contributed by atoms with E-state index in [1.165, 1.54) is 12.1 Å². The summed E-state index contributed by atoms with van der Waals surface area (Å²) in [6, 6.07) is 18.2. The van der Waals surface area contributed by atoms with Crippen molar-refractivity contribution in [1.29, 1.82) is 0 Å². The van der Waals surface area contributed by atoms with Gasteiger partial charge in [-0.15, -0.1) is 0 Å². The molecule has 0 aromatic heterocycles. The Morgan fingerprint density at radius 2 is 1.71 bits per heavy atom. The van der Waals surface area contributed by atoms with Crippen LogP contribution in [0.5, 0.6) is 0 Å². The van der Waals surface area contributed by atoms with E-state index in [0.717, 1.165) is 21.9 Å². The molecule has 1 nitrogen and oxygen atoms in total. The molecule has 21 heavy (non-hydrogen) atoms. The number of rotatable bonds is 3. The first-order valence-electron chi connectivity index (χ1n) is 6.90. The topological polar surface area (TPSA) is 17.1 Å². The van der Waals surface area contributed by atoms with Gasteiger partial charge < -0.3 is 0 Å². The van der Waals surface area contributed by atoms with Gasteiger partial charge in [0.15, 0.2) is 5.78 Å². The zero-order valence-corrected chi connectivity index (χ0v) is 11.8. The highest BCUT2D eigenvalue weighted by molar-refractivity contribution is 6.01. The zero-order valence-electron chi connectivity index (χ0n) is 11.8. The van der Waals surface area contributed by atoms with Crippen LogP contribution >= 0.6 is 0 Å². The average molecular weight is 278 g/mol. The standard InChI is InChI=1S/C19H15FO/c1-13-10-18(20)9-8-15(13)12-19(21)17-7-6-14-4-2-3-5-16(14)11-17/h2-11H,12H2,1H3. The second-order valence-electron chi connectivity index (χ2n) is 5.23. The number of Topliss-reactive ketones (excluding diaryl/α,β-unsaturated/α-hetero) is 1. The molecule has 0 spiro atoms. The summed E-state index contributed by atoms with van der Waals surface area (Å²) in [5, 5.41) is 2.17. The first kappa shape index (κ1) is 13.5. The van der Waals surface area contributed by atoms with Crippen LogP contribution < -0.4 is 0 Å². The molecule has 0 amide bonds. The molecule has 3 rings (SSSR count). The Balaban J connectivity index is 1.89. The predicted octanol–water partition coefficient (Wildman–Crippen LogP) is 4.71. The SMILES string of the molecule is Cc1cc(F)ccc1CC(=O)c1ccc2ccccc2c1. The summed E-state index contributed by atoms with van der Waals surface area (Å²) >= 11 is 0. The van der Waals surface area contributed by atoms with Crippen LogP contribution in [-0.2, 0) is 6.42 Å². The number of benzene rings is 3. The minimum atomic E-state index is -0.269. The molecule has 2 heteroatoms. The van der Waals surface area contributed by atoms with Crippen molar-refractivity contribution in [3.63, 3.8) is 0 Å². The van der Waals surface area contributed by atoms with Gasteiger partial charge in [-0.1, -0.05) is 42.5 Å². The first-order valence-corrected chi connectivity index (χ1v) is 6.90. The van der Waals surface area contributed by atoms with Crippen LogP contribution in [0.4, 0.5) is 4.39 Å². The van der Waals surface area contributed by atoms with Crippen molar-refractivity contribution >= 4 is 16.6 Å². The Morgan fingerprint density at radius 3 is 2.48 bits per heavy atom. The summed E-state index contributed by atoms with van der Waals surface area (Å²) in [5.74, 6) is -0.218. The molecule has 3 aromatic rings. The number of halogens is 1. The van der Waals surface area contributed by atoms with Crippen LogP contribution in [0.1, 0.15) is 21.5 Å². The van der Waals surface area contributed by atoms with E-state index in [1.807, 2.05) is 49.4 Å². The van der Waals surface area contributed by atoms with Gasteiger partial charge in [0.25, 0.3) is 0 Å². The normalized spacial score (nSPS) is 10.8. The maximum absolute atomic E-state index is 13.1. The molecule has 0 fully saturated rings. The van der Waals surface area contributed by atoms with Gasteiger partial charge in [-0.05, 0) is 47.0 Å². The predicted molar refractivity (Wildman–Crippen MR) is 83.1 cm³/mol. The Kier molecular flexibility index (Phi) is 3.53. The molecule has 0 heterocycles. The molecule has 0 bridgehead atoms. The van der Waals surface area contributed by atoms with Crippen molar-refractivity contribution in [1.82, 2.24) is 0 Å². The Hall–Kier alpha value is -2.48. The summed E-state index contributed by atoms with van der Waals surface area (Å²) in [4.78, 5) is 12.4. The number of ketones is 1. The van der Waals surface area contributed by atoms with E-state index < -0.39 is 0 Å². The Bertz CT molecular complexity index is 821. The smallest absolute Gasteiger partial charge is 0.167 e. The van der Waals surface area contributed by atoms with Crippen LogP contribution in [0.2, 0.25) is 0 Å². The van der Waals surface area contributed by atoms with Gasteiger partial charge in [0.05, 0.1) is 0 Å². The molecule has 104 valence electrons. The van der Waals surface area contributed by atoms with Gasteiger partial charge in [-0.2, -0.15) is 0 Å². The quantitative estimate of drug-likeness (QED) is 0.634. The fraction of sp³-hybridized carbons (Fsp3) is 0.105. The third-order valence-corrected chi connectivity index (χ3v) is 3.73. The first-order chi connectivity index (χ1) is 10.1. The van der Waals surface area contributed by atoms with Crippen molar-refractivity contribution in [3.05, 3.63) is 83.2 Å². The van der Waals surface area contributed by atoms with Gasteiger partial charge in [-0.3, -0.25) is 4.79 Å². The maximum atomic E-state index is 13.1. The molecular formula is C19H15FO. The van der Waals surface area contributed by atoms with Crippen LogP contribution in [0.3, 0.4) is 0 Å². The molecule has 0 aliphatic rings. The van der Waals surface area contributed by atoms with Crippen molar-refractivity contribution in [2.45, 2.75) is 13.3 Å². The zero-order chi connectivity index (χ0) is 14.8. The average Bonchev–Trinajstić information content (AvgIpc) is 2.49. The number of aryl methyl sites for hydroxylation is 1. The highest BCUT2D eigenvalue weighted by Crippen LogP contribution is 2.18. The number of fused-ring (bicyclic) bond motifs is 1. The van der Waals surface area contributed by atoms with Crippen molar-refractivity contribution in [2.75, 3.05) is 0 Å². The third kappa shape index (κ3) is 2.84. The molecule has 0 saturated carbocycles. The van der Waals surface area contributed by atoms with Gasteiger partial charge >= 0.3 is 0 Å². The molecule has 0 unspecified atom stereocenters. The summed E-state index contributed by atoms with van der Waals surface area (Å²) in [6.07, 6.45) is 0.296. The monoisotopic (exact) mass is 278 g/mol. The van der Waals surface area contributed by atoms with Gasteiger partial charge in [-0.25, -0.2) is 4.39 Å². The second-order valence-corrected chi connectivity index (χ2v) is 5.23. The fourth-order valence-electron chi connectivity index (χ4n) is 2.50. The van der Waals surface area contributed by atoms with Gasteiger partial charge in [0.1, 0.15) is 5.82 Å². The van der Waals surface area contributed by atoms with Crippen LogP contribution in [-0.4, -0.2) is 5.78 Å². The number of carbonyl (C=O) groups is 1. The van der Waals surface area contributed by atoms with E-state index in [2.05, 4.69) is 0 Å². The van der Waals surface area contributed by atoms with Crippen molar-refractivity contribution < 1.29 is 9.18 Å². The highest BCUT2D eigenvalue weighted by Gasteiger charge is 2.10. The second kappa shape index (κ2) is 5.49. The maximum Gasteiger partial charge on any atom is 0.167 e. The number of hydrogen-bond donors (Lipinski definition) is 0. The van der Waals surface area contributed by atoms with E-state index in [9.17, 15) is 9.18 Å². The van der Waals surface area contributed by atoms with Crippen LogP contribution in [0.25, 0.3) is 10.8 Å². The Morgan fingerprint density at radius 1 is 0.952 bits per heavy atom. The minimum Gasteiger partial charge on any atom is -0.294 e. The van der Waals surface area contributed by atoms with Gasteiger partial charge in [0.2, 0.25) is 0 Å². The summed E-state index contributed by atoms with van der Waals surface area (Å²) in [7, 11) is 0. The molecule has 3 aromatic carbocycles. The fourth-order valence-corrected chi connectivity index (χ4v) is 2.50. The number of carbonyl (C=O) groups excluding carboxylic acids is 1. The minimum absolute atomic E-state index is 0.0514. The molecule has 0 aliphatic heterocycles. The summed E-state index contributed by atoms with van der Waals surface area (Å²) < 4.78 is 13.1. The molecule has 0 radical (unpaired) electrons. The molecule has 0 aliphatic carbocycles. The van der Waals surface area contributed by atoms with E-state index in [0.29, 0.717) is 12.0 Å². The third-order valence-electron chi connectivity index (χ3n) is 3.73. The lowest BCUT2D eigenvalue weighted by Gasteiger charge is -2.06. The Labute approximate surface area is 123 Å². The molecule has 0 saturated heterocycles. The largest absolute Gasteiger partial charge is 0.294 e. The molecule has 0 N–H and O–H groups in total. The van der Waals surface area contributed by atoms with Gasteiger partial charge in [0, 0.05) is 12.0 Å². The summed E-state index contributed by atoms with van der Waals surface area (Å²) in [6.45, 7) is 1.83. The van der Waals surface area contributed by atoms with Crippen molar-refractivity contribution in [3.8, 4) is 0 Å². The lowest BCUT2D eigenvalue weighted by molar-refractivity contribution is 0.0993. The lowest BCUT2D eigenvalue weighted by Crippen LogP contribution is -2.05. The number of hydrogen-bond acceptors (Lipinski definition) is 1. The summed E-state index contributed by atoms with van der Waals surface area (Å²) in [5.41, 5.74) is 2.37. The van der Waals surface area contributed by atoms with Crippen LogP contribution in [0, 0.1) is 12.7 Å². The van der Waals surface area contributed by atoms with E-state index in [1.54, 1.807) is 6.07 Å². The van der Waals surface area contributed by atoms with E-state index >= 15 is 0 Å². The van der Waals surface area contributed by atoms with Crippen LogP contribution in [0.15, 0.2) is 60.7 Å².